The number of ketones is 1. The average Bonchev–Trinajstić information content (AvgIpc) is 3.18. The first-order chi connectivity index (χ1) is 17.7. The largest absolute Gasteiger partial charge is 0.469 e. The van der Waals surface area contributed by atoms with Gasteiger partial charge in [-0.25, -0.2) is 0 Å². The van der Waals surface area contributed by atoms with E-state index in [2.05, 4.69) is 4.74 Å². The number of carbonyl (C=O) groups is 3. The van der Waals surface area contributed by atoms with Crippen molar-refractivity contribution in [1.82, 2.24) is 0 Å². The number of hydrogen-bond acceptors (Lipinski definition) is 7. The third kappa shape index (κ3) is 10.8. The molecule has 0 radical (unpaired) electrons. The molecule has 2 fully saturated rings. The summed E-state index contributed by atoms with van der Waals surface area (Å²) in [5, 5.41) is 0. The molecule has 0 bridgehead atoms. The van der Waals surface area contributed by atoms with E-state index in [1.165, 1.54) is 14.0 Å². The predicted octanol–water partition coefficient (Wildman–Crippen LogP) is 5.93. The Morgan fingerprint density at radius 1 is 1.05 bits per heavy atom. The van der Waals surface area contributed by atoms with Gasteiger partial charge in [0.1, 0.15) is 6.10 Å². The van der Waals surface area contributed by atoms with Gasteiger partial charge in [-0.2, -0.15) is 8.78 Å². The van der Waals surface area contributed by atoms with Crippen LogP contribution in [0.15, 0.2) is 12.2 Å². The van der Waals surface area contributed by atoms with Crippen LogP contribution in [0.5, 0.6) is 0 Å². The molecule has 0 amide bonds. The van der Waals surface area contributed by atoms with E-state index in [1.54, 1.807) is 13.0 Å². The molecule has 1 aliphatic heterocycles. The molecule has 2 rings (SSSR count). The average molecular weight is 531 g/mol. The summed E-state index contributed by atoms with van der Waals surface area (Å²) < 4.78 is 51.0. The zero-order valence-corrected chi connectivity index (χ0v) is 22.6. The van der Waals surface area contributed by atoms with Crippen LogP contribution in [0.4, 0.5) is 8.78 Å². The van der Waals surface area contributed by atoms with Crippen LogP contribution in [0.1, 0.15) is 97.3 Å². The molecule has 2 aliphatic rings. The second-order valence-corrected chi connectivity index (χ2v) is 10.2. The lowest BCUT2D eigenvalue weighted by molar-refractivity contribution is -0.193. The van der Waals surface area contributed by atoms with Crippen LogP contribution >= 0.6 is 0 Å². The second kappa shape index (κ2) is 16.2. The van der Waals surface area contributed by atoms with Crippen LogP contribution in [0, 0.1) is 11.8 Å². The van der Waals surface area contributed by atoms with Crippen LogP contribution in [0.2, 0.25) is 0 Å². The van der Waals surface area contributed by atoms with Gasteiger partial charge >= 0.3 is 17.9 Å². The van der Waals surface area contributed by atoms with Gasteiger partial charge in [0.2, 0.25) is 5.78 Å². The number of esters is 2. The molecule has 0 aromatic rings. The number of carbonyl (C=O) groups excluding carboxylic acids is 3. The quantitative estimate of drug-likeness (QED) is 0.139. The summed E-state index contributed by atoms with van der Waals surface area (Å²) in [4.78, 5) is 35.5. The molecule has 0 spiro atoms. The minimum absolute atomic E-state index is 0.175. The Labute approximate surface area is 219 Å². The maximum absolute atomic E-state index is 14.3. The normalized spacial score (nSPS) is 26.4. The number of rotatable bonds is 16. The lowest BCUT2D eigenvalue weighted by atomic mass is 9.87. The molecule has 1 aliphatic carbocycles. The van der Waals surface area contributed by atoms with Crippen molar-refractivity contribution >= 4 is 17.7 Å². The number of alkyl halides is 2. The Balaban J connectivity index is 2.13. The van der Waals surface area contributed by atoms with Gasteiger partial charge in [-0.05, 0) is 44.6 Å². The van der Waals surface area contributed by atoms with Gasteiger partial charge < -0.3 is 18.9 Å². The molecule has 7 nitrogen and oxygen atoms in total. The van der Waals surface area contributed by atoms with E-state index in [0.29, 0.717) is 32.3 Å². The summed E-state index contributed by atoms with van der Waals surface area (Å²) in [6.07, 6.45) is 9.05. The van der Waals surface area contributed by atoms with Crippen LogP contribution in [-0.4, -0.2) is 55.9 Å². The van der Waals surface area contributed by atoms with Crippen LogP contribution < -0.4 is 0 Å². The highest BCUT2D eigenvalue weighted by molar-refractivity contribution is 5.95. The molecular formula is C28H44F2O7. The maximum Gasteiger partial charge on any atom is 0.309 e. The Hall–Kier alpha value is -1.87. The molecule has 37 heavy (non-hydrogen) atoms. The first-order valence-corrected chi connectivity index (χ1v) is 13.8. The summed E-state index contributed by atoms with van der Waals surface area (Å²) in [7, 11) is 1.37. The fourth-order valence-electron chi connectivity index (χ4n) is 5.19. The molecule has 1 saturated carbocycles. The highest BCUT2D eigenvalue weighted by atomic mass is 19.3. The zero-order valence-electron chi connectivity index (χ0n) is 22.6. The van der Waals surface area contributed by atoms with Crippen molar-refractivity contribution in [3.63, 3.8) is 0 Å². The molecule has 1 saturated heterocycles. The molecule has 0 N–H and O–H groups in total. The summed E-state index contributed by atoms with van der Waals surface area (Å²) in [6.45, 7) is 3.76. The molecule has 212 valence electrons. The minimum Gasteiger partial charge on any atom is -0.469 e. The number of halogens is 2. The summed E-state index contributed by atoms with van der Waals surface area (Å²) >= 11 is 0. The van der Waals surface area contributed by atoms with Crippen molar-refractivity contribution in [2.45, 2.75) is 122 Å². The molecule has 1 heterocycles. The third-order valence-corrected chi connectivity index (χ3v) is 7.22. The van der Waals surface area contributed by atoms with E-state index in [4.69, 9.17) is 14.2 Å². The Kier molecular flexibility index (Phi) is 13.7. The topological polar surface area (TPSA) is 88.1 Å². The van der Waals surface area contributed by atoms with Gasteiger partial charge in [-0.15, -0.1) is 0 Å². The number of allylic oxidation sites excluding steroid dienone is 1. The smallest absolute Gasteiger partial charge is 0.309 e. The lowest BCUT2D eigenvalue weighted by Crippen LogP contribution is -2.31. The van der Waals surface area contributed by atoms with Crippen LogP contribution in [0.3, 0.4) is 0 Å². The molecule has 5 atom stereocenters. The number of ether oxygens (including phenoxy) is 4. The van der Waals surface area contributed by atoms with Crippen LogP contribution in [-0.2, 0) is 33.3 Å². The highest BCUT2D eigenvalue weighted by Gasteiger charge is 2.46. The molecule has 9 heteroatoms. The van der Waals surface area contributed by atoms with Crippen molar-refractivity contribution in [3.05, 3.63) is 12.2 Å². The fraction of sp³-hybridized carbons (Fsp3) is 0.821. The van der Waals surface area contributed by atoms with E-state index >= 15 is 0 Å². The number of hydrogen-bond donors (Lipinski definition) is 0. The van der Waals surface area contributed by atoms with E-state index < -0.39 is 42.6 Å². The van der Waals surface area contributed by atoms with Gasteiger partial charge in [0, 0.05) is 44.6 Å². The van der Waals surface area contributed by atoms with E-state index in [-0.39, 0.29) is 24.2 Å². The molecule has 0 aromatic carbocycles. The SMILES string of the molecule is CCCCC(F)(F)C(=O)/C=C/[C@@H]1C(CCCCCCC(=O)OC)[C@@H](OC(C)=O)C[C@H]1OC1CCCCO1. The van der Waals surface area contributed by atoms with Crippen LogP contribution in [0.25, 0.3) is 0 Å². The maximum atomic E-state index is 14.3. The van der Waals surface area contributed by atoms with Gasteiger partial charge in [-0.1, -0.05) is 38.7 Å². The van der Waals surface area contributed by atoms with Crippen molar-refractivity contribution in [1.29, 1.82) is 0 Å². The predicted molar refractivity (Wildman–Crippen MR) is 134 cm³/mol. The monoisotopic (exact) mass is 530 g/mol. The third-order valence-electron chi connectivity index (χ3n) is 7.22. The highest BCUT2D eigenvalue weighted by Crippen LogP contribution is 2.42. The lowest BCUT2D eigenvalue weighted by Gasteiger charge is -2.29. The first-order valence-electron chi connectivity index (χ1n) is 13.8. The van der Waals surface area contributed by atoms with Crippen molar-refractivity contribution in [3.8, 4) is 0 Å². The standard InChI is InChI=1S/C28H44F2O7/c1-4-5-17-28(29,30)25(32)16-15-22-21(12-8-6-7-9-13-26(33)34-3)23(36-20(2)31)19-24(22)37-27-14-10-11-18-35-27/h15-16,21-24,27H,4-14,17-19H2,1-3H3/b16-15+/t21?,22-,23+,24-,27?/m1/s1. The molecule has 2 unspecified atom stereocenters. The molecule has 0 aromatic heterocycles. The number of methoxy groups -OCH3 is 1. The first kappa shape index (κ1) is 31.3. The van der Waals surface area contributed by atoms with Gasteiger partial charge in [-0.3, -0.25) is 14.4 Å². The van der Waals surface area contributed by atoms with E-state index in [9.17, 15) is 23.2 Å². The summed E-state index contributed by atoms with van der Waals surface area (Å²) in [5.74, 6) is -5.79. The summed E-state index contributed by atoms with van der Waals surface area (Å²) in [6, 6.07) is 0. The summed E-state index contributed by atoms with van der Waals surface area (Å²) in [5.41, 5.74) is 0. The van der Waals surface area contributed by atoms with Gasteiger partial charge in [0.15, 0.2) is 6.29 Å². The van der Waals surface area contributed by atoms with Crippen molar-refractivity contribution in [2.24, 2.45) is 11.8 Å². The second-order valence-electron chi connectivity index (χ2n) is 10.2. The van der Waals surface area contributed by atoms with Crippen molar-refractivity contribution in [2.75, 3.05) is 13.7 Å². The Bertz CT molecular complexity index is 749. The Morgan fingerprint density at radius 2 is 1.81 bits per heavy atom. The van der Waals surface area contributed by atoms with Crippen molar-refractivity contribution < 1.29 is 42.1 Å². The van der Waals surface area contributed by atoms with Gasteiger partial charge in [0.05, 0.1) is 13.2 Å². The number of unbranched alkanes of at least 4 members (excludes halogenated alkanes) is 4. The Morgan fingerprint density at radius 3 is 2.46 bits per heavy atom. The minimum atomic E-state index is -3.40. The van der Waals surface area contributed by atoms with E-state index in [0.717, 1.165) is 51.0 Å². The fourth-order valence-corrected chi connectivity index (χ4v) is 5.19. The zero-order chi connectivity index (χ0) is 27.3. The van der Waals surface area contributed by atoms with E-state index in [1.807, 2.05) is 0 Å². The van der Waals surface area contributed by atoms with Gasteiger partial charge in [0.25, 0.3) is 0 Å². The molecular weight excluding hydrogens is 486 g/mol.